The summed E-state index contributed by atoms with van der Waals surface area (Å²) in [5, 5.41) is 8.72. The summed E-state index contributed by atoms with van der Waals surface area (Å²) in [7, 11) is 1.62. The SMILES string of the molecule is COc1ccc2c(c1)C(c1ccc(/C=C/CNOC(=O)OC(C)(C)C)cc1)=N[C@@H](CC(=O)OC(C)(C)C)c1nnc(C)n1-2. The maximum atomic E-state index is 12.9. The number of carbonyl (C=O) groups excluding carboxylic acids is 2. The molecule has 0 fully saturated rings. The standard InChI is InChI=1S/C32H39N5O6/c1-20-35-36-29-25(19-27(38)41-31(2,3)4)34-28(24-18-23(40-8)15-16-26(24)37(20)29)22-13-11-21(12-14-22)10-9-17-33-43-30(39)42-32(5,6)7/h9-16,18,25,33H,17,19H2,1-8H3/b10-9+/t25-/m0/s1. The average Bonchev–Trinajstić information content (AvgIpc) is 3.23. The highest BCUT2D eigenvalue weighted by molar-refractivity contribution is 6.15. The Morgan fingerprint density at radius 1 is 0.977 bits per heavy atom. The van der Waals surface area contributed by atoms with E-state index in [1.165, 1.54) is 0 Å². The van der Waals surface area contributed by atoms with Gasteiger partial charge in [-0.05, 0) is 72.2 Å². The lowest BCUT2D eigenvalue weighted by Crippen LogP contribution is -2.28. The highest BCUT2D eigenvalue weighted by atomic mass is 16.8. The van der Waals surface area contributed by atoms with Crippen LogP contribution in [-0.4, -0.2) is 57.5 Å². The zero-order valence-electron chi connectivity index (χ0n) is 25.9. The molecule has 4 rings (SSSR count). The quantitative estimate of drug-likeness (QED) is 0.201. The van der Waals surface area contributed by atoms with Crippen LogP contribution in [0.3, 0.4) is 0 Å². The summed E-state index contributed by atoms with van der Waals surface area (Å²) in [6.45, 7) is 13.0. The van der Waals surface area contributed by atoms with Crippen molar-refractivity contribution in [2.24, 2.45) is 4.99 Å². The fraction of sp³-hybridized carbons (Fsp3) is 0.406. The van der Waals surface area contributed by atoms with Gasteiger partial charge in [-0.25, -0.2) is 4.79 Å². The van der Waals surface area contributed by atoms with Crippen molar-refractivity contribution in [2.75, 3.05) is 13.7 Å². The van der Waals surface area contributed by atoms with E-state index < -0.39 is 23.4 Å². The topological polar surface area (TPSA) is 126 Å². The van der Waals surface area contributed by atoms with Crippen molar-refractivity contribution in [3.05, 3.63) is 76.9 Å². The highest BCUT2D eigenvalue weighted by Gasteiger charge is 2.31. The zero-order chi connectivity index (χ0) is 31.4. The molecule has 1 aliphatic heterocycles. The summed E-state index contributed by atoms with van der Waals surface area (Å²) in [6.07, 6.45) is 2.94. The Bertz CT molecular complexity index is 1530. The van der Waals surface area contributed by atoms with Crippen molar-refractivity contribution in [1.82, 2.24) is 20.2 Å². The Balaban J connectivity index is 1.62. The van der Waals surface area contributed by atoms with Crippen LogP contribution in [0.25, 0.3) is 11.8 Å². The Kier molecular flexibility index (Phi) is 9.34. The smallest absolute Gasteiger partial charge is 0.497 e. The van der Waals surface area contributed by atoms with Crippen molar-refractivity contribution in [3.8, 4) is 11.4 Å². The highest BCUT2D eigenvalue weighted by Crippen LogP contribution is 2.34. The molecule has 228 valence electrons. The van der Waals surface area contributed by atoms with Gasteiger partial charge in [-0.3, -0.25) is 14.4 Å². The third-order valence-electron chi connectivity index (χ3n) is 6.15. The Morgan fingerprint density at radius 2 is 1.67 bits per heavy atom. The van der Waals surface area contributed by atoms with Gasteiger partial charge in [0, 0.05) is 11.1 Å². The van der Waals surface area contributed by atoms with Crippen LogP contribution in [0.15, 0.2) is 53.5 Å². The lowest BCUT2D eigenvalue weighted by Gasteiger charge is -2.20. The fourth-order valence-corrected chi connectivity index (χ4v) is 4.48. The molecule has 1 atom stereocenters. The zero-order valence-corrected chi connectivity index (χ0v) is 25.9. The van der Waals surface area contributed by atoms with E-state index in [9.17, 15) is 9.59 Å². The predicted octanol–water partition coefficient (Wildman–Crippen LogP) is 5.68. The molecule has 1 N–H and O–H groups in total. The summed E-state index contributed by atoms with van der Waals surface area (Å²) < 4.78 is 18.2. The molecule has 0 unspecified atom stereocenters. The largest absolute Gasteiger partial charge is 0.528 e. The van der Waals surface area contributed by atoms with Crippen molar-refractivity contribution >= 4 is 23.9 Å². The summed E-state index contributed by atoms with van der Waals surface area (Å²) in [6, 6.07) is 13.0. The molecule has 3 aromatic rings. The van der Waals surface area contributed by atoms with Gasteiger partial charge in [-0.1, -0.05) is 36.4 Å². The number of rotatable bonds is 8. The monoisotopic (exact) mass is 589 g/mol. The van der Waals surface area contributed by atoms with Gasteiger partial charge in [0.1, 0.15) is 28.8 Å². The fourth-order valence-electron chi connectivity index (χ4n) is 4.48. The third kappa shape index (κ3) is 8.29. The Morgan fingerprint density at radius 3 is 2.33 bits per heavy atom. The predicted molar refractivity (Wildman–Crippen MR) is 162 cm³/mol. The molecule has 1 aliphatic rings. The van der Waals surface area contributed by atoms with Gasteiger partial charge in [0.25, 0.3) is 0 Å². The van der Waals surface area contributed by atoms with Crippen LogP contribution in [0, 0.1) is 6.92 Å². The number of aryl methyl sites for hydroxylation is 1. The van der Waals surface area contributed by atoms with Gasteiger partial charge in [0.05, 0.1) is 31.5 Å². The minimum absolute atomic E-state index is 0.00319. The number of hydroxylamine groups is 1. The first-order valence-electron chi connectivity index (χ1n) is 14.0. The van der Waals surface area contributed by atoms with Gasteiger partial charge in [0.2, 0.25) is 0 Å². The number of esters is 1. The van der Waals surface area contributed by atoms with Crippen LogP contribution in [0.2, 0.25) is 0 Å². The number of ether oxygens (including phenoxy) is 3. The number of carbonyl (C=O) groups is 2. The number of hydrogen-bond acceptors (Lipinski definition) is 10. The van der Waals surface area contributed by atoms with Crippen molar-refractivity contribution < 1.29 is 28.6 Å². The van der Waals surface area contributed by atoms with Crippen LogP contribution in [0.4, 0.5) is 4.79 Å². The van der Waals surface area contributed by atoms with E-state index >= 15 is 0 Å². The van der Waals surface area contributed by atoms with Crippen molar-refractivity contribution in [3.63, 3.8) is 0 Å². The molecule has 1 aromatic heterocycles. The summed E-state index contributed by atoms with van der Waals surface area (Å²) in [5.74, 6) is 1.54. The normalized spacial score (nSPS) is 14.8. The van der Waals surface area contributed by atoms with Crippen LogP contribution >= 0.6 is 0 Å². The van der Waals surface area contributed by atoms with Crippen molar-refractivity contribution in [1.29, 1.82) is 0 Å². The van der Waals surface area contributed by atoms with Gasteiger partial charge < -0.3 is 19.0 Å². The molecular weight excluding hydrogens is 550 g/mol. The Hall–Kier alpha value is -4.51. The number of methoxy groups -OCH3 is 1. The number of nitrogens with one attached hydrogen (secondary N) is 1. The molecule has 0 radical (unpaired) electrons. The summed E-state index contributed by atoms with van der Waals surface area (Å²) in [4.78, 5) is 34.6. The first-order chi connectivity index (χ1) is 20.2. The molecule has 0 spiro atoms. The molecule has 11 nitrogen and oxygen atoms in total. The number of aliphatic imine (C=N–C) groups is 1. The molecule has 11 heteroatoms. The molecule has 2 heterocycles. The number of fused-ring (bicyclic) bond motifs is 3. The van der Waals surface area contributed by atoms with Crippen LogP contribution < -0.4 is 10.2 Å². The number of aromatic nitrogens is 3. The number of nitrogens with zero attached hydrogens (tertiary/aromatic N) is 4. The van der Waals surface area contributed by atoms with Crippen LogP contribution in [0.1, 0.15) is 82.3 Å². The molecule has 0 saturated carbocycles. The maximum Gasteiger partial charge on any atom is 0.528 e. The van der Waals surface area contributed by atoms with E-state index in [1.807, 2.05) is 86.9 Å². The van der Waals surface area contributed by atoms with Gasteiger partial charge >= 0.3 is 12.1 Å². The molecule has 2 aromatic carbocycles. The van der Waals surface area contributed by atoms with Crippen molar-refractivity contribution in [2.45, 2.75) is 72.1 Å². The summed E-state index contributed by atoms with van der Waals surface area (Å²) in [5.41, 5.74) is 5.44. The van der Waals surface area contributed by atoms with E-state index in [0.29, 0.717) is 29.7 Å². The minimum atomic E-state index is -0.788. The van der Waals surface area contributed by atoms with Gasteiger partial charge in [0.15, 0.2) is 5.82 Å². The average molecular weight is 590 g/mol. The maximum absolute atomic E-state index is 12.9. The molecular formula is C32H39N5O6. The third-order valence-corrected chi connectivity index (χ3v) is 6.15. The number of benzene rings is 2. The van der Waals surface area contributed by atoms with Gasteiger partial charge in [-0.15, -0.1) is 15.7 Å². The second kappa shape index (κ2) is 12.8. The van der Waals surface area contributed by atoms with Crippen LogP contribution in [0.5, 0.6) is 5.75 Å². The van der Waals surface area contributed by atoms with E-state index in [0.717, 1.165) is 22.4 Å². The summed E-state index contributed by atoms with van der Waals surface area (Å²) >= 11 is 0. The second-order valence-corrected chi connectivity index (χ2v) is 12.0. The Labute approximate surface area is 251 Å². The van der Waals surface area contributed by atoms with Crippen LogP contribution in [-0.2, 0) is 19.1 Å². The molecule has 43 heavy (non-hydrogen) atoms. The van der Waals surface area contributed by atoms with E-state index in [2.05, 4.69) is 15.7 Å². The minimum Gasteiger partial charge on any atom is -0.497 e. The van der Waals surface area contributed by atoms with Gasteiger partial charge in [-0.2, -0.15) is 0 Å². The first-order valence-corrected chi connectivity index (χ1v) is 14.0. The van der Waals surface area contributed by atoms with E-state index in [4.69, 9.17) is 24.0 Å². The lowest BCUT2D eigenvalue weighted by molar-refractivity contribution is -0.155. The lowest BCUT2D eigenvalue weighted by atomic mass is 9.98. The second-order valence-electron chi connectivity index (χ2n) is 12.0. The van der Waals surface area contributed by atoms with E-state index in [-0.39, 0.29) is 12.4 Å². The van der Waals surface area contributed by atoms with E-state index in [1.54, 1.807) is 27.9 Å². The molecule has 0 amide bonds. The first kappa shape index (κ1) is 31.4. The molecule has 0 bridgehead atoms. The molecule has 0 aliphatic carbocycles. The number of hydrogen-bond donors (Lipinski definition) is 1. The molecule has 0 saturated heterocycles.